The van der Waals surface area contributed by atoms with Crippen LogP contribution in [0.1, 0.15) is 25.3 Å². The second-order valence-electron chi connectivity index (χ2n) is 4.94. The maximum atomic E-state index is 12.1. The van der Waals surface area contributed by atoms with Gasteiger partial charge in [-0.25, -0.2) is 4.79 Å². The number of hydrogen-bond acceptors (Lipinski definition) is 5. The van der Waals surface area contributed by atoms with Crippen LogP contribution >= 0.6 is 0 Å². The molecule has 0 aliphatic carbocycles. The van der Waals surface area contributed by atoms with E-state index < -0.39 is 29.7 Å². The van der Waals surface area contributed by atoms with E-state index in [1.807, 2.05) is 6.07 Å². The SMILES string of the molecule is CC(=O)N[C@@H](Cc1ccccc1)C(=O)ON1C(=O)CCC1=O. The second kappa shape index (κ2) is 6.84. The first-order valence-corrected chi connectivity index (χ1v) is 6.86. The predicted octanol–water partition coefficient (Wildman–Crippen LogP) is 0.341. The molecule has 1 atom stereocenters. The van der Waals surface area contributed by atoms with Crippen molar-refractivity contribution in [2.45, 2.75) is 32.2 Å². The lowest BCUT2D eigenvalue weighted by molar-refractivity contribution is -0.199. The highest BCUT2D eigenvalue weighted by molar-refractivity contribution is 6.01. The number of nitrogens with one attached hydrogen (secondary N) is 1. The molecule has 0 bridgehead atoms. The zero-order valence-electron chi connectivity index (χ0n) is 12.1. The Bertz CT molecular complexity index is 583. The van der Waals surface area contributed by atoms with Crippen molar-refractivity contribution in [2.75, 3.05) is 0 Å². The van der Waals surface area contributed by atoms with Crippen molar-refractivity contribution < 1.29 is 24.0 Å². The molecule has 1 aromatic rings. The minimum absolute atomic E-state index is 0.0234. The van der Waals surface area contributed by atoms with Gasteiger partial charge in [-0.2, -0.15) is 0 Å². The molecule has 116 valence electrons. The number of carbonyl (C=O) groups is 4. The van der Waals surface area contributed by atoms with Crippen LogP contribution in [-0.4, -0.2) is 34.8 Å². The number of hydroxylamine groups is 2. The molecule has 1 N–H and O–H groups in total. The van der Waals surface area contributed by atoms with Gasteiger partial charge in [-0.05, 0) is 5.56 Å². The summed E-state index contributed by atoms with van der Waals surface area (Å²) in [5, 5.41) is 2.94. The third kappa shape index (κ3) is 3.91. The minimum atomic E-state index is -0.971. The summed E-state index contributed by atoms with van der Waals surface area (Å²) in [7, 11) is 0. The van der Waals surface area contributed by atoms with E-state index in [4.69, 9.17) is 4.84 Å². The van der Waals surface area contributed by atoms with Gasteiger partial charge in [0, 0.05) is 26.2 Å². The van der Waals surface area contributed by atoms with Gasteiger partial charge in [0.05, 0.1) is 0 Å². The monoisotopic (exact) mass is 304 g/mol. The Morgan fingerprint density at radius 1 is 1.18 bits per heavy atom. The van der Waals surface area contributed by atoms with Crippen molar-refractivity contribution in [3.8, 4) is 0 Å². The van der Waals surface area contributed by atoms with E-state index in [0.29, 0.717) is 5.06 Å². The zero-order valence-corrected chi connectivity index (χ0v) is 12.1. The predicted molar refractivity (Wildman–Crippen MR) is 74.9 cm³/mol. The smallest absolute Gasteiger partial charge is 0.343 e. The van der Waals surface area contributed by atoms with E-state index in [9.17, 15) is 19.2 Å². The lowest BCUT2D eigenvalue weighted by atomic mass is 10.1. The molecular formula is C15H16N2O5. The van der Waals surface area contributed by atoms with E-state index in [2.05, 4.69) is 5.32 Å². The first-order chi connectivity index (χ1) is 10.5. The Morgan fingerprint density at radius 3 is 2.32 bits per heavy atom. The molecular weight excluding hydrogens is 288 g/mol. The van der Waals surface area contributed by atoms with Crippen LogP contribution in [0, 0.1) is 0 Å². The Morgan fingerprint density at radius 2 is 1.77 bits per heavy atom. The number of benzene rings is 1. The summed E-state index contributed by atoms with van der Waals surface area (Å²) in [6.07, 6.45) is 0.251. The highest BCUT2D eigenvalue weighted by Crippen LogP contribution is 2.13. The first kappa shape index (κ1) is 15.7. The molecule has 0 saturated carbocycles. The number of imide groups is 1. The van der Waals surface area contributed by atoms with Gasteiger partial charge in [0.2, 0.25) is 5.91 Å². The van der Waals surface area contributed by atoms with E-state index in [1.165, 1.54) is 6.92 Å². The van der Waals surface area contributed by atoms with Crippen LogP contribution in [0.25, 0.3) is 0 Å². The fourth-order valence-electron chi connectivity index (χ4n) is 2.10. The van der Waals surface area contributed by atoms with Crippen molar-refractivity contribution in [3.63, 3.8) is 0 Å². The Labute approximate surface area is 127 Å². The lowest BCUT2D eigenvalue weighted by Crippen LogP contribution is -2.45. The van der Waals surface area contributed by atoms with Gasteiger partial charge in [0.25, 0.3) is 11.8 Å². The molecule has 2 rings (SSSR count). The largest absolute Gasteiger partial charge is 0.355 e. The summed E-state index contributed by atoms with van der Waals surface area (Å²) in [6, 6.07) is 8.07. The maximum absolute atomic E-state index is 12.1. The quantitative estimate of drug-likeness (QED) is 0.792. The topological polar surface area (TPSA) is 92.8 Å². The van der Waals surface area contributed by atoms with Gasteiger partial charge in [0.1, 0.15) is 6.04 Å². The molecule has 1 fully saturated rings. The highest BCUT2D eigenvalue weighted by Gasteiger charge is 2.35. The fourth-order valence-corrected chi connectivity index (χ4v) is 2.10. The van der Waals surface area contributed by atoms with Gasteiger partial charge in [0.15, 0.2) is 0 Å². The van der Waals surface area contributed by atoms with Gasteiger partial charge in [-0.3, -0.25) is 14.4 Å². The average molecular weight is 304 g/mol. The molecule has 7 nitrogen and oxygen atoms in total. The van der Waals surface area contributed by atoms with Crippen LogP contribution in [0.5, 0.6) is 0 Å². The summed E-state index contributed by atoms with van der Waals surface area (Å²) < 4.78 is 0. The van der Waals surface area contributed by atoms with Gasteiger partial charge >= 0.3 is 5.97 Å². The summed E-state index contributed by atoms with van der Waals surface area (Å²) >= 11 is 0. The van der Waals surface area contributed by atoms with E-state index >= 15 is 0 Å². The fraction of sp³-hybridized carbons (Fsp3) is 0.333. The number of amides is 3. The third-order valence-corrected chi connectivity index (χ3v) is 3.13. The van der Waals surface area contributed by atoms with Crippen LogP contribution in [0.15, 0.2) is 30.3 Å². The Kier molecular flexibility index (Phi) is 4.88. The summed E-state index contributed by atoms with van der Waals surface area (Å²) in [5.74, 6) is -2.36. The zero-order chi connectivity index (χ0) is 16.1. The van der Waals surface area contributed by atoms with Crippen molar-refractivity contribution >= 4 is 23.7 Å². The van der Waals surface area contributed by atoms with Crippen molar-refractivity contribution in [1.29, 1.82) is 0 Å². The molecule has 0 aromatic heterocycles. The molecule has 1 aromatic carbocycles. The Hall–Kier alpha value is -2.70. The molecule has 0 radical (unpaired) electrons. The lowest BCUT2D eigenvalue weighted by Gasteiger charge is -2.19. The van der Waals surface area contributed by atoms with Gasteiger partial charge in [-0.15, -0.1) is 5.06 Å². The standard InChI is InChI=1S/C15H16N2O5/c1-10(18)16-12(9-11-5-3-2-4-6-11)15(21)22-17-13(19)7-8-14(17)20/h2-6,12H,7-9H2,1H3,(H,16,18)/t12-/m0/s1. The molecule has 0 spiro atoms. The average Bonchev–Trinajstić information content (AvgIpc) is 2.79. The summed E-state index contributed by atoms with van der Waals surface area (Å²) in [4.78, 5) is 51.2. The summed E-state index contributed by atoms with van der Waals surface area (Å²) in [5.41, 5.74) is 0.817. The second-order valence-corrected chi connectivity index (χ2v) is 4.94. The molecule has 3 amide bonds. The van der Waals surface area contributed by atoms with E-state index in [0.717, 1.165) is 5.56 Å². The number of rotatable bonds is 5. The maximum Gasteiger partial charge on any atom is 0.355 e. The normalized spacial score (nSPS) is 15.6. The van der Waals surface area contributed by atoms with Crippen LogP contribution in [0.2, 0.25) is 0 Å². The summed E-state index contributed by atoms with van der Waals surface area (Å²) in [6.45, 7) is 1.28. The minimum Gasteiger partial charge on any atom is -0.343 e. The molecule has 0 unspecified atom stereocenters. The van der Waals surface area contributed by atoms with Crippen molar-refractivity contribution in [2.24, 2.45) is 0 Å². The van der Waals surface area contributed by atoms with Crippen LogP contribution in [-0.2, 0) is 30.4 Å². The van der Waals surface area contributed by atoms with Crippen LogP contribution in [0.4, 0.5) is 0 Å². The molecule has 1 aliphatic heterocycles. The van der Waals surface area contributed by atoms with Gasteiger partial charge in [-0.1, -0.05) is 30.3 Å². The van der Waals surface area contributed by atoms with E-state index in [1.54, 1.807) is 24.3 Å². The molecule has 1 aliphatic rings. The van der Waals surface area contributed by atoms with Gasteiger partial charge < -0.3 is 10.2 Å². The van der Waals surface area contributed by atoms with Crippen molar-refractivity contribution in [1.82, 2.24) is 10.4 Å². The van der Waals surface area contributed by atoms with Crippen LogP contribution < -0.4 is 5.32 Å². The Balaban J connectivity index is 2.07. The molecule has 22 heavy (non-hydrogen) atoms. The highest BCUT2D eigenvalue weighted by atomic mass is 16.7. The molecule has 1 saturated heterocycles. The molecule has 7 heteroatoms. The number of carbonyl (C=O) groups excluding carboxylic acids is 4. The van der Waals surface area contributed by atoms with Crippen molar-refractivity contribution in [3.05, 3.63) is 35.9 Å². The number of nitrogens with zero attached hydrogens (tertiary/aromatic N) is 1. The first-order valence-electron chi connectivity index (χ1n) is 6.86. The third-order valence-electron chi connectivity index (χ3n) is 3.13. The van der Waals surface area contributed by atoms with Crippen LogP contribution in [0.3, 0.4) is 0 Å². The van der Waals surface area contributed by atoms with E-state index in [-0.39, 0.29) is 19.3 Å². The molecule has 1 heterocycles. The number of hydrogen-bond donors (Lipinski definition) is 1.